The first-order valence-corrected chi connectivity index (χ1v) is 5.06. The smallest absolute Gasteiger partial charge is 0.124 e. The predicted molar refractivity (Wildman–Crippen MR) is 49.4 cm³/mol. The summed E-state index contributed by atoms with van der Waals surface area (Å²) in [6, 6.07) is 1.89. The molecular weight excluding hydrogens is 178 g/mol. The number of rotatable bonds is 2. The SMILES string of the molecule is N#C/C(Cl)=C/SC1CCCC1. The van der Waals surface area contributed by atoms with Gasteiger partial charge in [-0.3, -0.25) is 0 Å². The zero-order chi connectivity index (χ0) is 8.10. The van der Waals surface area contributed by atoms with E-state index in [-0.39, 0.29) is 0 Å². The predicted octanol–water partition coefficient (Wildman–Crippen LogP) is 3.27. The molecule has 1 rings (SSSR count). The van der Waals surface area contributed by atoms with E-state index in [2.05, 4.69) is 0 Å². The molecule has 60 valence electrons. The largest absolute Gasteiger partial charge is 0.191 e. The third-order valence-corrected chi connectivity index (χ3v) is 3.32. The van der Waals surface area contributed by atoms with Crippen molar-refractivity contribution in [2.24, 2.45) is 0 Å². The Kier molecular flexibility index (Phi) is 3.82. The lowest BCUT2D eigenvalue weighted by Gasteiger charge is -2.01. The van der Waals surface area contributed by atoms with E-state index in [1.54, 1.807) is 17.2 Å². The summed E-state index contributed by atoms with van der Waals surface area (Å²) < 4.78 is 0. The quantitative estimate of drug-likeness (QED) is 0.620. The van der Waals surface area contributed by atoms with Crippen LogP contribution < -0.4 is 0 Å². The van der Waals surface area contributed by atoms with Crippen LogP contribution in [0.5, 0.6) is 0 Å². The number of nitriles is 1. The molecule has 0 aromatic carbocycles. The Morgan fingerprint density at radius 1 is 1.55 bits per heavy atom. The van der Waals surface area contributed by atoms with Crippen LogP contribution in [0.2, 0.25) is 0 Å². The lowest BCUT2D eigenvalue weighted by atomic mass is 10.4. The molecule has 0 bridgehead atoms. The summed E-state index contributed by atoms with van der Waals surface area (Å²) in [5, 5.41) is 11.1. The summed E-state index contributed by atoms with van der Waals surface area (Å²) in [6.45, 7) is 0. The first kappa shape index (κ1) is 8.96. The van der Waals surface area contributed by atoms with E-state index >= 15 is 0 Å². The van der Waals surface area contributed by atoms with E-state index in [0.717, 1.165) is 0 Å². The first-order chi connectivity index (χ1) is 5.33. The molecule has 1 aliphatic carbocycles. The zero-order valence-electron chi connectivity index (χ0n) is 6.22. The van der Waals surface area contributed by atoms with E-state index in [9.17, 15) is 0 Å². The van der Waals surface area contributed by atoms with Gasteiger partial charge in [0.15, 0.2) is 0 Å². The molecule has 1 aliphatic rings. The first-order valence-electron chi connectivity index (χ1n) is 3.74. The van der Waals surface area contributed by atoms with Gasteiger partial charge in [-0.15, -0.1) is 11.8 Å². The Morgan fingerprint density at radius 3 is 2.73 bits per heavy atom. The van der Waals surface area contributed by atoms with Crippen molar-refractivity contribution in [3.8, 4) is 6.07 Å². The molecule has 0 aromatic heterocycles. The third-order valence-electron chi connectivity index (χ3n) is 1.77. The van der Waals surface area contributed by atoms with Gasteiger partial charge < -0.3 is 0 Å². The van der Waals surface area contributed by atoms with E-state index in [4.69, 9.17) is 16.9 Å². The second-order valence-corrected chi connectivity index (χ2v) is 4.20. The van der Waals surface area contributed by atoms with Gasteiger partial charge in [0, 0.05) is 10.7 Å². The van der Waals surface area contributed by atoms with E-state index < -0.39 is 0 Å². The summed E-state index contributed by atoms with van der Waals surface area (Å²) in [5.74, 6) is 0. The van der Waals surface area contributed by atoms with Crippen molar-refractivity contribution in [2.45, 2.75) is 30.9 Å². The third kappa shape index (κ3) is 3.18. The highest BCUT2D eigenvalue weighted by atomic mass is 35.5. The van der Waals surface area contributed by atoms with Gasteiger partial charge in [0.25, 0.3) is 0 Å². The van der Waals surface area contributed by atoms with E-state index in [0.29, 0.717) is 10.3 Å². The molecule has 0 saturated heterocycles. The van der Waals surface area contributed by atoms with Crippen LogP contribution in [0.15, 0.2) is 10.4 Å². The van der Waals surface area contributed by atoms with Crippen molar-refractivity contribution in [2.75, 3.05) is 0 Å². The molecule has 0 N–H and O–H groups in total. The Morgan fingerprint density at radius 2 is 2.18 bits per heavy atom. The van der Waals surface area contributed by atoms with Crippen molar-refractivity contribution in [1.82, 2.24) is 0 Å². The highest BCUT2D eigenvalue weighted by molar-refractivity contribution is 8.02. The van der Waals surface area contributed by atoms with Crippen molar-refractivity contribution < 1.29 is 0 Å². The molecule has 0 radical (unpaired) electrons. The molecule has 1 saturated carbocycles. The molecule has 1 fully saturated rings. The van der Waals surface area contributed by atoms with Gasteiger partial charge in [0.05, 0.1) is 0 Å². The maximum atomic E-state index is 8.35. The summed E-state index contributed by atoms with van der Waals surface area (Å²) >= 11 is 7.22. The van der Waals surface area contributed by atoms with Gasteiger partial charge in [-0.2, -0.15) is 5.26 Å². The average molecular weight is 188 g/mol. The van der Waals surface area contributed by atoms with Crippen LogP contribution in [0.4, 0.5) is 0 Å². The molecule has 0 aromatic rings. The average Bonchev–Trinajstić information content (AvgIpc) is 2.52. The number of allylic oxidation sites excluding steroid dienone is 1. The lowest BCUT2D eigenvalue weighted by molar-refractivity contribution is 0.886. The Balaban J connectivity index is 2.26. The molecule has 0 unspecified atom stereocenters. The highest BCUT2D eigenvalue weighted by Crippen LogP contribution is 2.30. The standard InChI is InChI=1S/C8H10ClNS/c9-7(5-10)6-11-8-3-1-2-4-8/h6,8H,1-4H2/b7-6-. The van der Waals surface area contributed by atoms with E-state index in [1.165, 1.54) is 25.7 Å². The monoisotopic (exact) mass is 187 g/mol. The van der Waals surface area contributed by atoms with Crippen LogP contribution in [0.3, 0.4) is 0 Å². The van der Waals surface area contributed by atoms with Crippen LogP contribution >= 0.6 is 23.4 Å². The Bertz CT molecular complexity index is 189. The summed E-state index contributed by atoms with van der Waals surface area (Å²) in [5.41, 5.74) is 0. The van der Waals surface area contributed by atoms with Crippen molar-refractivity contribution >= 4 is 23.4 Å². The second kappa shape index (κ2) is 4.69. The second-order valence-electron chi connectivity index (χ2n) is 2.62. The minimum atomic E-state index is 0.307. The number of thioether (sulfide) groups is 1. The molecule has 0 spiro atoms. The van der Waals surface area contributed by atoms with Gasteiger partial charge >= 0.3 is 0 Å². The van der Waals surface area contributed by atoms with Crippen molar-refractivity contribution in [3.63, 3.8) is 0 Å². The van der Waals surface area contributed by atoms with Crippen LogP contribution in [0, 0.1) is 11.3 Å². The fourth-order valence-electron chi connectivity index (χ4n) is 1.21. The van der Waals surface area contributed by atoms with Crippen molar-refractivity contribution in [1.29, 1.82) is 5.26 Å². The van der Waals surface area contributed by atoms with Crippen LogP contribution in [-0.4, -0.2) is 5.25 Å². The minimum absolute atomic E-state index is 0.307. The molecule has 0 atom stereocenters. The van der Waals surface area contributed by atoms with Gasteiger partial charge in [-0.1, -0.05) is 24.4 Å². The fraction of sp³-hybridized carbons (Fsp3) is 0.625. The number of hydrogen-bond donors (Lipinski definition) is 0. The number of nitrogens with zero attached hydrogens (tertiary/aromatic N) is 1. The molecule has 0 amide bonds. The number of halogens is 1. The Hall–Kier alpha value is -0.130. The van der Waals surface area contributed by atoms with Crippen molar-refractivity contribution in [3.05, 3.63) is 10.4 Å². The summed E-state index contributed by atoms with van der Waals surface area (Å²) in [4.78, 5) is 0. The maximum absolute atomic E-state index is 8.35. The normalized spacial score (nSPS) is 20.2. The molecule has 3 heteroatoms. The zero-order valence-corrected chi connectivity index (χ0v) is 7.79. The van der Waals surface area contributed by atoms with Gasteiger partial charge in [0.1, 0.15) is 11.1 Å². The van der Waals surface area contributed by atoms with Crippen LogP contribution in [0.25, 0.3) is 0 Å². The van der Waals surface area contributed by atoms with Crippen LogP contribution in [-0.2, 0) is 0 Å². The fourth-order valence-corrected chi connectivity index (χ4v) is 2.33. The summed E-state index contributed by atoms with van der Waals surface area (Å²) in [6.07, 6.45) is 5.21. The lowest BCUT2D eigenvalue weighted by Crippen LogP contribution is -1.90. The van der Waals surface area contributed by atoms with Gasteiger partial charge in [-0.05, 0) is 12.8 Å². The summed E-state index contributed by atoms with van der Waals surface area (Å²) in [7, 11) is 0. The molecule has 11 heavy (non-hydrogen) atoms. The van der Waals surface area contributed by atoms with Gasteiger partial charge in [0.2, 0.25) is 0 Å². The van der Waals surface area contributed by atoms with E-state index in [1.807, 2.05) is 6.07 Å². The molecule has 1 nitrogen and oxygen atoms in total. The van der Waals surface area contributed by atoms with Gasteiger partial charge in [-0.25, -0.2) is 0 Å². The molecular formula is C8H10ClNS. The Labute approximate surface area is 76.4 Å². The molecule has 0 heterocycles. The van der Waals surface area contributed by atoms with Crippen LogP contribution in [0.1, 0.15) is 25.7 Å². The number of hydrogen-bond acceptors (Lipinski definition) is 2. The maximum Gasteiger partial charge on any atom is 0.124 e. The molecule has 0 aliphatic heterocycles. The minimum Gasteiger partial charge on any atom is -0.191 e. The topological polar surface area (TPSA) is 23.8 Å². The highest BCUT2D eigenvalue weighted by Gasteiger charge is 2.13.